The topological polar surface area (TPSA) is 69.4 Å². The predicted molar refractivity (Wildman–Crippen MR) is 127 cm³/mol. The lowest BCUT2D eigenvalue weighted by Gasteiger charge is -2.37. The third-order valence-corrected chi connectivity index (χ3v) is 7.44. The molecule has 2 heterocycles. The van der Waals surface area contributed by atoms with Crippen LogP contribution in [-0.2, 0) is 27.8 Å². The lowest BCUT2D eigenvalue weighted by atomic mass is 9.90. The first-order valence-electron chi connectivity index (χ1n) is 11.4. The molecule has 3 aromatic rings. The van der Waals surface area contributed by atoms with Crippen LogP contribution in [0.25, 0.3) is 6.08 Å². The molecule has 2 atom stereocenters. The van der Waals surface area contributed by atoms with Gasteiger partial charge in [0.05, 0.1) is 30.6 Å². The van der Waals surface area contributed by atoms with Gasteiger partial charge < -0.3 is 14.6 Å². The van der Waals surface area contributed by atoms with Crippen molar-refractivity contribution in [2.75, 3.05) is 13.2 Å². The normalized spacial score (nSPS) is 20.9. The molecule has 0 bridgehead atoms. The van der Waals surface area contributed by atoms with Crippen LogP contribution in [-0.4, -0.2) is 49.9 Å². The first-order chi connectivity index (χ1) is 18.0. The van der Waals surface area contributed by atoms with Crippen molar-refractivity contribution in [1.82, 2.24) is 14.8 Å². The summed E-state index contributed by atoms with van der Waals surface area (Å²) in [6.45, 7) is 1.76. The molecular weight excluding hydrogens is 536 g/mol. The number of aliphatic hydroxyl groups is 1. The molecule has 0 amide bonds. The minimum absolute atomic E-state index is 0.115. The molecule has 1 saturated heterocycles. The van der Waals surface area contributed by atoms with Crippen molar-refractivity contribution in [1.29, 1.82) is 0 Å². The van der Waals surface area contributed by atoms with E-state index in [-0.39, 0.29) is 36.1 Å². The van der Waals surface area contributed by atoms with E-state index in [0.717, 1.165) is 18.2 Å². The second-order valence-electron chi connectivity index (χ2n) is 8.67. The Labute approximate surface area is 218 Å². The number of halogens is 6. The van der Waals surface area contributed by atoms with Crippen LogP contribution < -0.4 is 0 Å². The van der Waals surface area contributed by atoms with E-state index in [1.165, 1.54) is 41.2 Å². The number of nitrogens with zero attached hydrogens (tertiary/aromatic N) is 3. The number of benzene rings is 2. The second kappa shape index (κ2) is 11.5. The summed E-state index contributed by atoms with van der Waals surface area (Å²) in [4.78, 5) is 3.84. The summed E-state index contributed by atoms with van der Waals surface area (Å²) >= 11 is 1.25. The first kappa shape index (κ1) is 28.1. The van der Waals surface area contributed by atoms with E-state index in [9.17, 15) is 31.4 Å². The van der Waals surface area contributed by atoms with Crippen molar-refractivity contribution >= 4 is 17.8 Å². The van der Waals surface area contributed by atoms with E-state index in [0.29, 0.717) is 18.2 Å². The average molecular weight is 560 g/mol. The van der Waals surface area contributed by atoms with Gasteiger partial charge in [0.25, 0.3) is 0 Å². The van der Waals surface area contributed by atoms with Gasteiger partial charge in [-0.15, -0.1) is 11.8 Å². The van der Waals surface area contributed by atoms with Crippen LogP contribution in [0.1, 0.15) is 23.6 Å². The highest BCUT2D eigenvalue weighted by atomic mass is 32.2. The summed E-state index contributed by atoms with van der Waals surface area (Å²) in [6.07, 6.45) is -0.458. The summed E-state index contributed by atoms with van der Waals surface area (Å²) in [5.74, 6) is -2.52. The number of rotatable bonds is 8. The zero-order valence-electron chi connectivity index (χ0n) is 19.9. The number of aromatic nitrogens is 3. The van der Waals surface area contributed by atoms with Crippen LogP contribution in [0, 0.1) is 17.5 Å². The molecule has 1 aliphatic heterocycles. The molecule has 0 unspecified atom stereocenters. The number of hydrogen-bond acceptors (Lipinski definition) is 6. The fraction of sp³-hybridized carbons (Fsp3) is 0.360. The molecule has 6 nitrogen and oxygen atoms in total. The molecule has 1 aromatic heterocycles. The van der Waals surface area contributed by atoms with Crippen LogP contribution in [0.4, 0.5) is 26.3 Å². The van der Waals surface area contributed by atoms with Crippen molar-refractivity contribution in [3.63, 3.8) is 0 Å². The van der Waals surface area contributed by atoms with Gasteiger partial charge >= 0.3 is 6.18 Å². The molecule has 0 aliphatic carbocycles. The minimum Gasteiger partial charge on any atom is -0.382 e. The lowest BCUT2D eigenvalue weighted by molar-refractivity contribution is -0.146. The van der Waals surface area contributed by atoms with Gasteiger partial charge in [-0.1, -0.05) is 19.1 Å². The maximum Gasteiger partial charge on any atom is 0.416 e. The fourth-order valence-electron chi connectivity index (χ4n) is 3.96. The molecule has 2 aromatic carbocycles. The molecule has 0 saturated carbocycles. The molecule has 4 rings (SSSR count). The van der Waals surface area contributed by atoms with Gasteiger partial charge in [-0.2, -0.15) is 18.3 Å². The first-order valence-corrected chi connectivity index (χ1v) is 12.3. The van der Waals surface area contributed by atoms with Crippen LogP contribution >= 0.6 is 11.8 Å². The van der Waals surface area contributed by atoms with Crippen LogP contribution in [0.15, 0.2) is 55.1 Å². The van der Waals surface area contributed by atoms with Gasteiger partial charge in [0.2, 0.25) is 0 Å². The van der Waals surface area contributed by atoms with Crippen molar-refractivity contribution in [2.45, 2.75) is 42.0 Å². The van der Waals surface area contributed by atoms with Crippen molar-refractivity contribution < 1.29 is 40.9 Å². The van der Waals surface area contributed by atoms with Crippen LogP contribution in [0.3, 0.4) is 0 Å². The van der Waals surface area contributed by atoms with Gasteiger partial charge in [-0.25, -0.2) is 22.8 Å². The Morgan fingerprint density at radius 3 is 2.47 bits per heavy atom. The maximum atomic E-state index is 14.7. The Hall–Kier alpha value is -2.87. The summed E-state index contributed by atoms with van der Waals surface area (Å²) in [5, 5.41) is 14.6. The predicted octanol–water partition coefficient (Wildman–Crippen LogP) is 5.18. The number of alkyl halides is 3. The highest BCUT2D eigenvalue weighted by molar-refractivity contribution is 8.00. The second-order valence-corrected chi connectivity index (χ2v) is 10.3. The number of thioether (sulfide) groups is 1. The fourth-order valence-corrected chi connectivity index (χ4v) is 5.27. The van der Waals surface area contributed by atoms with Crippen molar-refractivity contribution in [2.24, 2.45) is 0 Å². The van der Waals surface area contributed by atoms with Gasteiger partial charge in [0.15, 0.2) is 6.29 Å². The van der Waals surface area contributed by atoms with Crippen molar-refractivity contribution in [3.05, 3.63) is 89.3 Å². The molecule has 13 heteroatoms. The van der Waals surface area contributed by atoms with E-state index in [2.05, 4.69) is 10.1 Å². The Balaban J connectivity index is 1.42. The molecule has 1 aliphatic rings. The summed E-state index contributed by atoms with van der Waals surface area (Å²) in [7, 11) is 0. The number of hydrogen-bond donors (Lipinski definition) is 1. The molecule has 0 spiro atoms. The largest absolute Gasteiger partial charge is 0.416 e. The van der Waals surface area contributed by atoms with E-state index in [4.69, 9.17) is 9.47 Å². The molecule has 204 valence electrons. The summed E-state index contributed by atoms with van der Waals surface area (Å²) < 4.78 is 93.5. The standard InChI is InChI=1S/C25H23F6N3O3S/c1-15(24(35,12-34-14-32-13-33-34)20-5-4-18(26)9-22(20)28)38-19-10-36-23(37-11-19)7-2-16-8-17(25(29,30)31)3-6-21(16)27/h2-9,13-15,19,23,35H,10-12H2,1H3/b7-2+/t15-,19?,23?,24-/m1/s1. The van der Waals surface area contributed by atoms with Gasteiger partial charge in [-0.05, 0) is 30.3 Å². The third kappa shape index (κ3) is 6.57. The number of ether oxygens (including phenoxy) is 2. The van der Waals surface area contributed by atoms with E-state index >= 15 is 0 Å². The van der Waals surface area contributed by atoms with Crippen LogP contribution in [0.5, 0.6) is 0 Å². The molecule has 0 radical (unpaired) electrons. The monoisotopic (exact) mass is 559 g/mol. The van der Waals surface area contributed by atoms with Gasteiger partial charge in [-0.3, -0.25) is 0 Å². The average Bonchev–Trinajstić information content (AvgIpc) is 3.36. The van der Waals surface area contributed by atoms with E-state index < -0.39 is 46.3 Å². The Bertz CT molecular complexity index is 1270. The summed E-state index contributed by atoms with van der Waals surface area (Å²) in [6, 6.07) is 5.02. The lowest BCUT2D eigenvalue weighted by Crippen LogP contribution is -2.43. The van der Waals surface area contributed by atoms with E-state index in [1.807, 2.05) is 0 Å². The maximum absolute atomic E-state index is 14.7. The minimum atomic E-state index is -4.61. The molecular formula is C25H23F6N3O3S. The third-order valence-electron chi connectivity index (χ3n) is 5.99. The van der Waals surface area contributed by atoms with Gasteiger partial charge in [0, 0.05) is 22.4 Å². The van der Waals surface area contributed by atoms with Crippen LogP contribution in [0.2, 0.25) is 0 Å². The molecule has 1 N–H and O–H groups in total. The smallest absolute Gasteiger partial charge is 0.382 e. The van der Waals surface area contributed by atoms with E-state index in [1.54, 1.807) is 6.92 Å². The van der Waals surface area contributed by atoms with Crippen molar-refractivity contribution in [3.8, 4) is 0 Å². The SMILES string of the molecule is C[C@@H](SC1COC(/C=C/c2cc(C(F)(F)F)ccc2F)OC1)[C@](O)(Cn1cncn1)c1ccc(F)cc1F. The summed E-state index contributed by atoms with van der Waals surface area (Å²) in [5.41, 5.74) is -3.17. The molecule has 38 heavy (non-hydrogen) atoms. The Kier molecular flexibility index (Phi) is 8.50. The van der Waals surface area contributed by atoms with Gasteiger partial charge in [0.1, 0.15) is 35.7 Å². The highest BCUT2D eigenvalue weighted by Crippen LogP contribution is 2.39. The quantitative estimate of drug-likeness (QED) is 0.384. The highest BCUT2D eigenvalue weighted by Gasteiger charge is 2.41. The Morgan fingerprint density at radius 2 is 1.84 bits per heavy atom. The zero-order chi connectivity index (χ0) is 27.5. The Morgan fingerprint density at radius 1 is 1.11 bits per heavy atom. The molecule has 1 fully saturated rings. The zero-order valence-corrected chi connectivity index (χ0v) is 20.7.